The molecule has 1 aliphatic heterocycles. The van der Waals surface area contributed by atoms with Crippen molar-refractivity contribution in [1.29, 1.82) is 5.26 Å². The fourth-order valence-electron chi connectivity index (χ4n) is 3.13. The van der Waals surface area contributed by atoms with Gasteiger partial charge in [-0.2, -0.15) is 5.26 Å². The molecule has 1 atom stereocenters. The van der Waals surface area contributed by atoms with E-state index in [-0.39, 0.29) is 5.54 Å². The van der Waals surface area contributed by atoms with Crippen LogP contribution in [0.4, 0.5) is 5.82 Å². The standard InChI is InChI=1S/C16H21N3O/c1-16(7-4-8-20-11-16)19-15-13(10-17)9-12-5-2-3-6-14(12)18-15/h9H,2-8,11H2,1H3,(H,18,19). The minimum Gasteiger partial charge on any atom is -0.379 e. The molecule has 0 radical (unpaired) electrons. The number of hydrogen-bond donors (Lipinski definition) is 1. The van der Waals surface area contributed by atoms with Crippen LogP contribution in [0, 0.1) is 11.3 Å². The Morgan fingerprint density at radius 3 is 2.95 bits per heavy atom. The summed E-state index contributed by atoms with van der Waals surface area (Å²) in [6.07, 6.45) is 6.59. The fraction of sp³-hybridized carbons (Fsp3) is 0.625. The smallest absolute Gasteiger partial charge is 0.144 e. The van der Waals surface area contributed by atoms with Gasteiger partial charge in [-0.05, 0) is 57.1 Å². The maximum absolute atomic E-state index is 9.37. The summed E-state index contributed by atoms with van der Waals surface area (Å²) in [7, 11) is 0. The molecule has 0 aromatic carbocycles. The van der Waals surface area contributed by atoms with Crippen LogP contribution in [-0.2, 0) is 17.6 Å². The SMILES string of the molecule is CC1(Nc2nc3c(cc2C#N)CCCC3)CCCOC1. The Morgan fingerprint density at radius 2 is 2.20 bits per heavy atom. The number of ether oxygens (including phenoxy) is 1. The van der Waals surface area contributed by atoms with E-state index in [2.05, 4.69) is 18.3 Å². The second-order valence-corrected chi connectivity index (χ2v) is 6.15. The van der Waals surface area contributed by atoms with E-state index in [4.69, 9.17) is 9.72 Å². The van der Waals surface area contributed by atoms with E-state index in [1.807, 2.05) is 6.07 Å². The van der Waals surface area contributed by atoms with Gasteiger partial charge in [0.2, 0.25) is 0 Å². The average Bonchev–Trinajstić information content (AvgIpc) is 2.47. The van der Waals surface area contributed by atoms with Crippen LogP contribution >= 0.6 is 0 Å². The number of aryl methyl sites for hydroxylation is 2. The molecular weight excluding hydrogens is 250 g/mol. The zero-order valence-electron chi connectivity index (χ0n) is 12.0. The molecule has 0 spiro atoms. The monoisotopic (exact) mass is 271 g/mol. The summed E-state index contributed by atoms with van der Waals surface area (Å²) in [5.74, 6) is 0.737. The molecule has 1 aliphatic carbocycles. The summed E-state index contributed by atoms with van der Waals surface area (Å²) < 4.78 is 5.57. The number of anilines is 1. The highest BCUT2D eigenvalue weighted by atomic mass is 16.5. The predicted octanol–water partition coefficient (Wildman–Crippen LogP) is 2.81. The molecule has 2 aliphatic rings. The number of hydrogen-bond acceptors (Lipinski definition) is 4. The molecule has 106 valence electrons. The third-order valence-electron chi connectivity index (χ3n) is 4.28. The molecule has 0 saturated carbocycles. The van der Waals surface area contributed by atoms with Crippen LogP contribution in [0.1, 0.15) is 49.4 Å². The van der Waals surface area contributed by atoms with Crippen molar-refractivity contribution >= 4 is 5.82 Å². The molecule has 20 heavy (non-hydrogen) atoms. The molecule has 1 aromatic heterocycles. The summed E-state index contributed by atoms with van der Waals surface area (Å²) in [6.45, 7) is 3.66. The third kappa shape index (κ3) is 2.64. The van der Waals surface area contributed by atoms with Gasteiger partial charge >= 0.3 is 0 Å². The third-order valence-corrected chi connectivity index (χ3v) is 4.28. The predicted molar refractivity (Wildman–Crippen MR) is 77.7 cm³/mol. The highest BCUT2D eigenvalue weighted by Gasteiger charge is 2.29. The average molecular weight is 271 g/mol. The van der Waals surface area contributed by atoms with Crippen molar-refractivity contribution in [1.82, 2.24) is 4.98 Å². The lowest BCUT2D eigenvalue weighted by molar-refractivity contribution is 0.0539. The first-order valence-electron chi connectivity index (χ1n) is 7.49. The summed E-state index contributed by atoms with van der Waals surface area (Å²) in [5.41, 5.74) is 2.97. The summed E-state index contributed by atoms with van der Waals surface area (Å²) in [4.78, 5) is 4.73. The Labute approximate surface area is 120 Å². The Kier molecular flexibility index (Phi) is 3.62. The van der Waals surface area contributed by atoms with Crippen LogP contribution in [0.2, 0.25) is 0 Å². The lowest BCUT2D eigenvalue weighted by atomic mass is 9.93. The minimum absolute atomic E-state index is 0.111. The number of pyridine rings is 1. The maximum Gasteiger partial charge on any atom is 0.144 e. The van der Waals surface area contributed by atoms with Gasteiger partial charge in [0, 0.05) is 12.3 Å². The van der Waals surface area contributed by atoms with Gasteiger partial charge in [-0.15, -0.1) is 0 Å². The zero-order valence-corrected chi connectivity index (χ0v) is 12.0. The molecule has 4 heteroatoms. The van der Waals surface area contributed by atoms with Crippen LogP contribution in [0.25, 0.3) is 0 Å². The van der Waals surface area contributed by atoms with Crippen LogP contribution in [0.15, 0.2) is 6.07 Å². The maximum atomic E-state index is 9.37. The Morgan fingerprint density at radius 1 is 1.35 bits per heavy atom. The molecule has 1 saturated heterocycles. The molecular formula is C16H21N3O. The Hall–Kier alpha value is -1.60. The highest BCUT2D eigenvalue weighted by Crippen LogP contribution is 2.28. The molecule has 3 rings (SSSR count). The van der Waals surface area contributed by atoms with Gasteiger partial charge in [-0.1, -0.05) is 0 Å². The van der Waals surface area contributed by atoms with Gasteiger partial charge in [-0.3, -0.25) is 0 Å². The summed E-state index contributed by atoms with van der Waals surface area (Å²) in [5, 5.41) is 12.8. The van der Waals surface area contributed by atoms with Crippen molar-refractivity contribution in [2.75, 3.05) is 18.5 Å². The van der Waals surface area contributed by atoms with Crippen molar-refractivity contribution in [3.8, 4) is 6.07 Å². The molecule has 1 N–H and O–H groups in total. The van der Waals surface area contributed by atoms with Gasteiger partial charge in [0.1, 0.15) is 11.9 Å². The van der Waals surface area contributed by atoms with Gasteiger partial charge < -0.3 is 10.1 Å². The summed E-state index contributed by atoms with van der Waals surface area (Å²) >= 11 is 0. The molecule has 1 aromatic rings. The van der Waals surface area contributed by atoms with E-state index in [1.165, 1.54) is 18.4 Å². The van der Waals surface area contributed by atoms with Crippen molar-refractivity contribution in [3.05, 3.63) is 22.9 Å². The second kappa shape index (κ2) is 5.41. The molecule has 1 unspecified atom stereocenters. The number of rotatable bonds is 2. The molecule has 4 nitrogen and oxygen atoms in total. The quantitative estimate of drug-likeness (QED) is 0.898. The van der Waals surface area contributed by atoms with Crippen LogP contribution in [0.5, 0.6) is 0 Å². The van der Waals surface area contributed by atoms with Gasteiger partial charge in [0.05, 0.1) is 17.7 Å². The summed E-state index contributed by atoms with van der Waals surface area (Å²) in [6, 6.07) is 4.31. The van der Waals surface area contributed by atoms with Crippen molar-refractivity contribution in [2.45, 2.75) is 51.0 Å². The van der Waals surface area contributed by atoms with Crippen molar-refractivity contribution < 1.29 is 4.74 Å². The fourth-order valence-corrected chi connectivity index (χ4v) is 3.13. The Bertz CT molecular complexity index is 541. The number of nitrogens with zero attached hydrogens (tertiary/aromatic N) is 2. The van der Waals surface area contributed by atoms with E-state index in [0.717, 1.165) is 43.8 Å². The van der Waals surface area contributed by atoms with E-state index in [1.54, 1.807) is 0 Å². The Balaban J connectivity index is 1.90. The number of fused-ring (bicyclic) bond motifs is 1. The van der Waals surface area contributed by atoms with Gasteiger partial charge in [0.15, 0.2) is 0 Å². The van der Waals surface area contributed by atoms with E-state index in [0.29, 0.717) is 12.2 Å². The first kappa shape index (κ1) is 13.4. The first-order chi connectivity index (χ1) is 9.70. The van der Waals surface area contributed by atoms with E-state index < -0.39 is 0 Å². The molecule has 2 heterocycles. The normalized spacial score (nSPS) is 25.6. The number of nitrogens with one attached hydrogen (secondary N) is 1. The van der Waals surface area contributed by atoms with Gasteiger partial charge in [-0.25, -0.2) is 4.98 Å². The van der Waals surface area contributed by atoms with E-state index in [9.17, 15) is 5.26 Å². The van der Waals surface area contributed by atoms with Gasteiger partial charge in [0.25, 0.3) is 0 Å². The largest absolute Gasteiger partial charge is 0.379 e. The minimum atomic E-state index is -0.111. The molecule has 1 fully saturated rings. The number of nitriles is 1. The number of aromatic nitrogens is 1. The lowest BCUT2D eigenvalue weighted by Gasteiger charge is -2.35. The van der Waals surface area contributed by atoms with Crippen molar-refractivity contribution in [3.63, 3.8) is 0 Å². The van der Waals surface area contributed by atoms with E-state index >= 15 is 0 Å². The second-order valence-electron chi connectivity index (χ2n) is 6.15. The lowest BCUT2D eigenvalue weighted by Crippen LogP contribution is -2.43. The molecule has 0 bridgehead atoms. The van der Waals surface area contributed by atoms with Crippen LogP contribution in [0.3, 0.4) is 0 Å². The zero-order chi connectivity index (χ0) is 14.0. The molecule has 0 amide bonds. The van der Waals surface area contributed by atoms with Crippen LogP contribution in [-0.4, -0.2) is 23.7 Å². The topological polar surface area (TPSA) is 57.9 Å². The highest BCUT2D eigenvalue weighted by molar-refractivity contribution is 5.56. The van der Waals surface area contributed by atoms with Crippen molar-refractivity contribution in [2.24, 2.45) is 0 Å². The first-order valence-corrected chi connectivity index (χ1v) is 7.49. The van der Waals surface area contributed by atoms with Crippen LogP contribution < -0.4 is 5.32 Å².